The fourth-order valence-electron chi connectivity index (χ4n) is 4.57. The van der Waals surface area contributed by atoms with Crippen LogP contribution in [0.3, 0.4) is 0 Å². The summed E-state index contributed by atoms with van der Waals surface area (Å²) in [7, 11) is 3.42. The number of methoxy groups -OCH3 is 1. The first-order chi connectivity index (χ1) is 14.5. The summed E-state index contributed by atoms with van der Waals surface area (Å²) in [6, 6.07) is 11.8. The summed E-state index contributed by atoms with van der Waals surface area (Å²) in [4.78, 5) is 14.9. The summed E-state index contributed by atoms with van der Waals surface area (Å²) in [6.07, 6.45) is 3.06. The van der Waals surface area contributed by atoms with E-state index in [0.29, 0.717) is 48.6 Å². The van der Waals surface area contributed by atoms with E-state index in [-0.39, 0.29) is 11.7 Å². The van der Waals surface area contributed by atoms with E-state index in [1.54, 1.807) is 36.2 Å². The lowest BCUT2D eigenvalue weighted by molar-refractivity contribution is -0.00185. The highest BCUT2D eigenvalue weighted by atomic mass is 19.1. The average molecular weight is 407 g/mol. The van der Waals surface area contributed by atoms with Gasteiger partial charge in [0.15, 0.2) is 0 Å². The van der Waals surface area contributed by atoms with Gasteiger partial charge in [-0.15, -0.1) is 0 Å². The minimum Gasteiger partial charge on any atom is -0.496 e. The molecule has 0 bridgehead atoms. The number of hydrogen-bond donors (Lipinski definition) is 0. The number of amides is 1. The molecule has 1 saturated heterocycles. The first-order valence-corrected chi connectivity index (χ1v) is 9.96. The van der Waals surface area contributed by atoms with E-state index in [1.165, 1.54) is 12.1 Å². The van der Waals surface area contributed by atoms with Crippen molar-refractivity contribution in [3.63, 3.8) is 0 Å². The number of benzene rings is 2. The molecule has 0 aliphatic carbocycles. The molecule has 2 aliphatic rings. The van der Waals surface area contributed by atoms with Gasteiger partial charge in [-0.25, -0.2) is 4.39 Å². The van der Waals surface area contributed by atoms with Gasteiger partial charge in [-0.2, -0.15) is 5.10 Å². The maximum atomic E-state index is 13.9. The highest BCUT2D eigenvalue weighted by Gasteiger charge is 2.46. The second kappa shape index (κ2) is 6.86. The SMILES string of the molecule is COc1ccccc1C(=O)N1CCC2(CC1)Oc1ccc(F)cc1-c1c2cnn1C. The van der Waals surface area contributed by atoms with Crippen LogP contribution in [0.5, 0.6) is 11.5 Å². The lowest BCUT2D eigenvalue weighted by atomic mass is 9.81. The van der Waals surface area contributed by atoms with E-state index in [0.717, 1.165) is 11.3 Å². The molecule has 0 saturated carbocycles. The predicted octanol–water partition coefficient (Wildman–Crippen LogP) is 3.76. The minimum atomic E-state index is -0.577. The number of halogens is 1. The Morgan fingerprint density at radius 1 is 1.20 bits per heavy atom. The van der Waals surface area contributed by atoms with Crippen LogP contribution >= 0.6 is 0 Å². The van der Waals surface area contributed by atoms with Gasteiger partial charge in [0.2, 0.25) is 0 Å². The lowest BCUT2D eigenvalue weighted by Gasteiger charge is -2.44. The Labute approximate surface area is 173 Å². The molecular formula is C23H22FN3O3. The van der Waals surface area contributed by atoms with Gasteiger partial charge in [0.05, 0.1) is 24.6 Å². The van der Waals surface area contributed by atoms with E-state index in [4.69, 9.17) is 9.47 Å². The number of likely N-dealkylation sites (tertiary alicyclic amines) is 1. The fraction of sp³-hybridized carbons (Fsp3) is 0.304. The maximum Gasteiger partial charge on any atom is 0.257 e. The molecule has 2 aliphatic heterocycles. The summed E-state index contributed by atoms with van der Waals surface area (Å²) in [5.74, 6) is 0.865. The number of aromatic nitrogens is 2. The topological polar surface area (TPSA) is 56.6 Å². The molecule has 3 aromatic rings. The molecule has 1 amide bonds. The molecule has 7 heteroatoms. The van der Waals surface area contributed by atoms with Crippen LogP contribution in [-0.2, 0) is 12.6 Å². The quantitative estimate of drug-likeness (QED) is 0.649. The summed E-state index contributed by atoms with van der Waals surface area (Å²) < 4.78 is 27.5. The highest BCUT2D eigenvalue weighted by Crippen LogP contribution is 2.49. The van der Waals surface area contributed by atoms with Crippen LogP contribution in [0.15, 0.2) is 48.7 Å². The van der Waals surface area contributed by atoms with Gasteiger partial charge in [0.1, 0.15) is 22.9 Å². The number of para-hydroxylation sites is 1. The second-order valence-corrected chi connectivity index (χ2v) is 7.76. The van der Waals surface area contributed by atoms with Gasteiger partial charge in [-0.3, -0.25) is 9.48 Å². The Morgan fingerprint density at radius 3 is 2.73 bits per heavy atom. The van der Waals surface area contributed by atoms with Crippen molar-refractivity contribution >= 4 is 5.91 Å². The van der Waals surface area contributed by atoms with Crippen LogP contribution in [0.4, 0.5) is 4.39 Å². The van der Waals surface area contributed by atoms with Crippen molar-refractivity contribution in [2.45, 2.75) is 18.4 Å². The van der Waals surface area contributed by atoms with E-state index in [9.17, 15) is 9.18 Å². The average Bonchev–Trinajstić information content (AvgIpc) is 3.17. The minimum absolute atomic E-state index is 0.0491. The van der Waals surface area contributed by atoms with Crippen LogP contribution in [0.25, 0.3) is 11.3 Å². The van der Waals surface area contributed by atoms with Crippen LogP contribution in [0, 0.1) is 5.82 Å². The molecule has 30 heavy (non-hydrogen) atoms. The smallest absolute Gasteiger partial charge is 0.257 e. The Bertz CT molecular complexity index is 1130. The molecule has 154 valence electrons. The number of ether oxygens (including phenoxy) is 2. The second-order valence-electron chi connectivity index (χ2n) is 7.76. The third-order valence-electron chi connectivity index (χ3n) is 6.13. The molecule has 3 heterocycles. The number of carbonyl (C=O) groups is 1. The number of rotatable bonds is 2. The molecule has 5 rings (SSSR count). The summed E-state index contributed by atoms with van der Waals surface area (Å²) in [6.45, 7) is 1.09. The van der Waals surface area contributed by atoms with Gasteiger partial charge >= 0.3 is 0 Å². The molecule has 0 radical (unpaired) electrons. The van der Waals surface area contributed by atoms with E-state index >= 15 is 0 Å². The maximum absolute atomic E-state index is 13.9. The Hall–Kier alpha value is -3.35. The largest absolute Gasteiger partial charge is 0.496 e. The molecule has 0 atom stereocenters. The molecule has 6 nitrogen and oxygen atoms in total. The number of hydrogen-bond acceptors (Lipinski definition) is 4. The third-order valence-corrected chi connectivity index (χ3v) is 6.13. The third kappa shape index (κ3) is 2.76. The van der Waals surface area contributed by atoms with Crippen LogP contribution in [0.2, 0.25) is 0 Å². The molecule has 0 N–H and O–H groups in total. The first-order valence-electron chi connectivity index (χ1n) is 9.96. The van der Waals surface area contributed by atoms with Gasteiger partial charge in [0.25, 0.3) is 5.91 Å². The van der Waals surface area contributed by atoms with Crippen molar-refractivity contribution < 1.29 is 18.7 Å². The standard InChI is InChI=1S/C23H22FN3O3/c1-26-21-17-13-15(24)7-8-20(17)30-23(18(21)14-25-26)9-11-27(12-10-23)22(28)16-5-3-4-6-19(16)29-2/h3-8,13-14H,9-12H2,1-2H3. The molecule has 1 spiro atoms. The Kier molecular flexibility index (Phi) is 4.27. The van der Waals surface area contributed by atoms with Crippen LogP contribution in [-0.4, -0.2) is 40.8 Å². The van der Waals surface area contributed by atoms with Gasteiger partial charge in [-0.05, 0) is 30.3 Å². The summed E-state index contributed by atoms with van der Waals surface area (Å²) >= 11 is 0. The Balaban J connectivity index is 1.45. The number of aryl methyl sites for hydroxylation is 1. The monoisotopic (exact) mass is 407 g/mol. The molecule has 1 fully saturated rings. The number of carbonyl (C=O) groups excluding carboxylic acids is 1. The molecule has 1 aromatic heterocycles. The highest BCUT2D eigenvalue weighted by molar-refractivity contribution is 5.97. The van der Waals surface area contributed by atoms with Crippen molar-refractivity contribution in [3.8, 4) is 22.8 Å². The zero-order valence-electron chi connectivity index (χ0n) is 16.9. The lowest BCUT2D eigenvalue weighted by Crippen LogP contribution is -2.49. The zero-order valence-corrected chi connectivity index (χ0v) is 16.9. The normalized spacial score (nSPS) is 16.6. The predicted molar refractivity (Wildman–Crippen MR) is 109 cm³/mol. The van der Waals surface area contributed by atoms with E-state index in [1.807, 2.05) is 24.1 Å². The van der Waals surface area contributed by atoms with Crippen molar-refractivity contribution in [2.75, 3.05) is 20.2 Å². The number of fused-ring (bicyclic) bond motifs is 4. The van der Waals surface area contributed by atoms with Crippen molar-refractivity contribution in [1.29, 1.82) is 0 Å². The van der Waals surface area contributed by atoms with E-state index in [2.05, 4.69) is 5.10 Å². The summed E-state index contributed by atoms with van der Waals surface area (Å²) in [5.41, 5.74) is 2.52. The van der Waals surface area contributed by atoms with Crippen LogP contribution < -0.4 is 9.47 Å². The van der Waals surface area contributed by atoms with Crippen molar-refractivity contribution in [2.24, 2.45) is 7.05 Å². The molecular weight excluding hydrogens is 385 g/mol. The van der Waals surface area contributed by atoms with Crippen molar-refractivity contribution in [1.82, 2.24) is 14.7 Å². The van der Waals surface area contributed by atoms with Crippen molar-refractivity contribution in [3.05, 3.63) is 65.6 Å². The van der Waals surface area contributed by atoms with Gasteiger partial charge in [0, 0.05) is 44.1 Å². The van der Waals surface area contributed by atoms with E-state index < -0.39 is 5.60 Å². The van der Waals surface area contributed by atoms with Crippen LogP contribution in [0.1, 0.15) is 28.8 Å². The number of piperidine rings is 1. The zero-order chi connectivity index (χ0) is 20.9. The first kappa shape index (κ1) is 18.7. The fourth-order valence-corrected chi connectivity index (χ4v) is 4.57. The molecule has 2 aromatic carbocycles. The Morgan fingerprint density at radius 2 is 1.97 bits per heavy atom. The summed E-state index contributed by atoms with van der Waals surface area (Å²) in [5, 5.41) is 4.42. The molecule has 0 unspecified atom stereocenters. The van der Waals surface area contributed by atoms with Gasteiger partial charge < -0.3 is 14.4 Å². The van der Waals surface area contributed by atoms with Gasteiger partial charge in [-0.1, -0.05) is 12.1 Å². The number of nitrogens with zero attached hydrogens (tertiary/aromatic N) is 3.